The maximum Gasteiger partial charge on any atom is 0.317 e. The second-order valence-electron chi connectivity index (χ2n) is 6.67. The lowest BCUT2D eigenvalue weighted by atomic mass is 10.2. The Bertz CT molecular complexity index is 725. The summed E-state index contributed by atoms with van der Waals surface area (Å²) in [6, 6.07) is 10.3. The first-order valence-electron chi connectivity index (χ1n) is 9.10. The molecule has 1 aliphatic rings. The van der Waals surface area contributed by atoms with Crippen LogP contribution < -0.4 is 5.32 Å². The number of amides is 2. The number of H-pyrrole nitrogens is 1. The maximum absolute atomic E-state index is 12.4. The molecule has 3 rings (SSSR count). The van der Waals surface area contributed by atoms with Crippen molar-refractivity contribution in [3.05, 3.63) is 58.9 Å². The van der Waals surface area contributed by atoms with E-state index in [0.717, 1.165) is 49.7 Å². The average molecular weight is 353 g/mol. The molecule has 1 aliphatic heterocycles. The van der Waals surface area contributed by atoms with Crippen molar-refractivity contribution in [2.45, 2.75) is 20.4 Å². The van der Waals surface area contributed by atoms with Gasteiger partial charge in [0.2, 0.25) is 0 Å². The summed E-state index contributed by atoms with van der Waals surface area (Å²) in [5.41, 5.74) is 4.24. The molecular weight excluding hydrogens is 326 g/mol. The van der Waals surface area contributed by atoms with Crippen molar-refractivity contribution in [3.8, 4) is 0 Å². The number of aromatic amines is 1. The predicted molar refractivity (Wildman–Crippen MR) is 104 cm³/mol. The zero-order valence-corrected chi connectivity index (χ0v) is 15.5. The number of nitrogens with zero attached hydrogens (tertiary/aromatic N) is 3. The van der Waals surface area contributed by atoms with E-state index in [1.807, 2.05) is 36.9 Å². The van der Waals surface area contributed by atoms with Gasteiger partial charge in [0.1, 0.15) is 0 Å². The number of carbonyl (C=O) groups excluding carboxylic acids is 1. The zero-order chi connectivity index (χ0) is 18.4. The van der Waals surface area contributed by atoms with E-state index in [2.05, 4.69) is 44.7 Å². The fraction of sp³-hybridized carbons (Fsp3) is 0.400. The number of hydrogen-bond donors (Lipinski definition) is 2. The van der Waals surface area contributed by atoms with E-state index in [-0.39, 0.29) is 6.03 Å². The molecule has 1 fully saturated rings. The molecule has 0 saturated carbocycles. The molecule has 2 heterocycles. The van der Waals surface area contributed by atoms with Gasteiger partial charge in [-0.15, -0.1) is 0 Å². The van der Waals surface area contributed by atoms with Crippen LogP contribution >= 0.6 is 0 Å². The highest BCUT2D eigenvalue weighted by Gasteiger charge is 2.20. The van der Waals surface area contributed by atoms with E-state index >= 15 is 0 Å². The van der Waals surface area contributed by atoms with E-state index in [0.29, 0.717) is 6.54 Å². The van der Waals surface area contributed by atoms with Crippen LogP contribution in [0.3, 0.4) is 0 Å². The topological polar surface area (TPSA) is 64.3 Å². The summed E-state index contributed by atoms with van der Waals surface area (Å²) in [6.45, 7) is 8.68. The van der Waals surface area contributed by atoms with Gasteiger partial charge in [-0.3, -0.25) is 10.00 Å². The lowest BCUT2D eigenvalue weighted by Crippen LogP contribution is -2.51. The second-order valence-corrected chi connectivity index (χ2v) is 6.67. The number of nitrogens with one attached hydrogen (secondary N) is 2. The summed E-state index contributed by atoms with van der Waals surface area (Å²) in [7, 11) is 0. The highest BCUT2D eigenvalue weighted by Crippen LogP contribution is 2.09. The van der Waals surface area contributed by atoms with Gasteiger partial charge in [-0.05, 0) is 19.4 Å². The molecule has 2 aromatic rings. The first-order valence-corrected chi connectivity index (χ1v) is 9.10. The SMILES string of the molecule is Cc1n[nH]c(C)c1CNC(=O)N1CCN(CC=Cc2ccccc2)CC1. The minimum atomic E-state index is 0.00415. The van der Waals surface area contributed by atoms with Crippen LogP contribution in [0.1, 0.15) is 22.5 Å². The Morgan fingerprint density at radius 1 is 1.19 bits per heavy atom. The van der Waals surface area contributed by atoms with Gasteiger partial charge in [0, 0.05) is 50.5 Å². The normalized spacial score (nSPS) is 15.5. The van der Waals surface area contributed by atoms with Crippen molar-refractivity contribution in [2.24, 2.45) is 0 Å². The number of aryl methyl sites for hydroxylation is 2. The lowest BCUT2D eigenvalue weighted by Gasteiger charge is -2.34. The first kappa shape index (κ1) is 18.2. The maximum atomic E-state index is 12.4. The molecule has 0 bridgehead atoms. The van der Waals surface area contributed by atoms with Crippen LogP contribution in [0.25, 0.3) is 6.08 Å². The molecule has 1 aromatic heterocycles. The van der Waals surface area contributed by atoms with Crippen molar-refractivity contribution in [2.75, 3.05) is 32.7 Å². The number of carbonyl (C=O) groups is 1. The zero-order valence-electron chi connectivity index (χ0n) is 15.5. The Hall–Kier alpha value is -2.60. The summed E-state index contributed by atoms with van der Waals surface area (Å²) < 4.78 is 0. The summed E-state index contributed by atoms with van der Waals surface area (Å²) in [5.74, 6) is 0. The van der Waals surface area contributed by atoms with Crippen molar-refractivity contribution in [1.82, 2.24) is 25.3 Å². The highest BCUT2D eigenvalue weighted by atomic mass is 16.2. The monoisotopic (exact) mass is 353 g/mol. The lowest BCUT2D eigenvalue weighted by molar-refractivity contribution is 0.146. The quantitative estimate of drug-likeness (QED) is 0.868. The fourth-order valence-corrected chi connectivity index (χ4v) is 3.15. The van der Waals surface area contributed by atoms with Crippen LogP contribution in [0.15, 0.2) is 36.4 Å². The number of aromatic nitrogens is 2. The number of rotatable bonds is 5. The molecule has 0 radical (unpaired) electrons. The molecule has 0 unspecified atom stereocenters. The second kappa shape index (κ2) is 8.67. The molecule has 2 amide bonds. The summed E-state index contributed by atoms with van der Waals surface area (Å²) in [6.07, 6.45) is 4.34. The van der Waals surface area contributed by atoms with Crippen LogP contribution in [0, 0.1) is 13.8 Å². The number of piperazine rings is 1. The van der Waals surface area contributed by atoms with Gasteiger partial charge in [-0.25, -0.2) is 4.79 Å². The van der Waals surface area contributed by atoms with Gasteiger partial charge in [-0.2, -0.15) is 5.10 Å². The van der Waals surface area contributed by atoms with Crippen LogP contribution in [0.5, 0.6) is 0 Å². The first-order chi connectivity index (χ1) is 12.6. The highest BCUT2D eigenvalue weighted by molar-refractivity contribution is 5.74. The molecule has 0 spiro atoms. The van der Waals surface area contributed by atoms with Gasteiger partial charge >= 0.3 is 6.03 Å². The Morgan fingerprint density at radius 2 is 1.92 bits per heavy atom. The standard InChI is InChI=1S/C20H27N5O/c1-16-19(17(2)23-22-16)15-21-20(26)25-13-11-24(12-14-25)10-6-9-18-7-4-3-5-8-18/h3-9H,10-15H2,1-2H3,(H,21,26)(H,22,23). The summed E-state index contributed by atoms with van der Waals surface area (Å²) in [4.78, 5) is 16.6. The average Bonchev–Trinajstić information content (AvgIpc) is 2.99. The third kappa shape index (κ3) is 4.73. The van der Waals surface area contributed by atoms with Gasteiger partial charge < -0.3 is 10.2 Å². The Morgan fingerprint density at radius 3 is 2.58 bits per heavy atom. The molecule has 6 heteroatoms. The smallest absolute Gasteiger partial charge is 0.317 e. The van der Waals surface area contributed by atoms with Crippen molar-refractivity contribution >= 4 is 12.1 Å². The van der Waals surface area contributed by atoms with Crippen LogP contribution in [-0.4, -0.2) is 58.8 Å². The van der Waals surface area contributed by atoms with Gasteiger partial charge in [0.15, 0.2) is 0 Å². The Kier molecular flexibility index (Phi) is 6.07. The summed E-state index contributed by atoms with van der Waals surface area (Å²) >= 11 is 0. The predicted octanol–water partition coefficient (Wildman–Crippen LogP) is 2.57. The third-order valence-corrected chi connectivity index (χ3v) is 4.83. The van der Waals surface area contributed by atoms with E-state index < -0.39 is 0 Å². The number of urea groups is 1. The van der Waals surface area contributed by atoms with Crippen molar-refractivity contribution < 1.29 is 4.79 Å². The van der Waals surface area contributed by atoms with Crippen LogP contribution in [-0.2, 0) is 6.54 Å². The van der Waals surface area contributed by atoms with Crippen LogP contribution in [0.4, 0.5) is 4.79 Å². The molecular formula is C20H27N5O. The Balaban J connectivity index is 1.40. The summed E-state index contributed by atoms with van der Waals surface area (Å²) in [5, 5.41) is 10.1. The molecule has 1 aromatic carbocycles. The van der Waals surface area contributed by atoms with Gasteiger partial charge in [0.25, 0.3) is 0 Å². The van der Waals surface area contributed by atoms with Gasteiger partial charge in [0.05, 0.1) is 5.69 Å². The van der Waals surface area contributed by atoms with E-state index in [9.17, 15) is 4.79 Å². The molecule has 0 atom stereocenters. The minimum Gasteiger partial charge on any atom is -0.334 e. The number of benzene rings is 1. The minimum absolute atomic E-state index is 0.00415. The molecule has 26 heavy (non-hydrogen) atoms. The van der Waals surface area contributed by atoms with E-state index in [1.165, 1.54) is 5.56 Å². The van der Waals surface area contributed by atoms with Crippen molar-refractivity contribution in [1.29, 1.82) is 0 Å². The number of hydrogen-bond acceptors (Lipinski definition) is 3. The molecule has 6 nitrogen and oxygen atoms in total. The van der Waals surface area contributed by atoms with Gasteiger partial charge in [-0.1, -0.05) is 42.5 Å². The van der Waals surface area contributed by atoms with E-state index in [4.69, 9.17) is 0 Å². The van der Waals surface area contributed by atoms with Crippen molar-refractivity contribution in [3.63, 3.8) is 0 Å². The van der Waals surface area contributed by atoms with E-state index in [1.54, 1.807) is 0 Å². The third-order valence-electron chi connectivity index (χ3n) is 4.83. The molecule has 2 N–H and O–H groups in total. The molecule has 138 valence electrons. The largest absolute Gasteiger partial charge is 0.334 e. The Labute approximate surface area is 154 Å². The van der Waals surface area contributed by atoms with Crippen LogP contribution in [0.2, 0.25) is 0 Å². The molecule has 1 saturated heterocycles. The molecule has 0 aliphatic carbocycles. The fourth-order valence-electron chi connectivity index (χ4n) is 3.15.